The lowest BCUT2D eigenvalue weighted by molar-refractivity contribution is -0.00386. The third-order valence-electron chi connectivity index (χ3n) is 6.01. The largest absolute Gasteiger partial charge is 0.490 e. The van der Waals surface area contributed by atoms with Gasteiger partial charge < -0.3 is 9.47 Å². The van der Waals surface area contributed by atoms with Gasteiger partial charge in [-0.2, -0.15) is 0 Å². The zero-order valence-corrected chi connectivity index (χ0v) is 17.7. The molecule has 1 aliphatic heterocycles. The van der Waals surface area contributed by atoms with Crippen molar-refractivity contribution >= 4 is 21.4 Å². The molecule has 0 radical (unpaired) electrons. The Morgan fingerprint density at radius 2 is 1.90 bits per heavy atom. The van der Waals surface area contributed by atoms with Crippen LogP contribution in [0.15, 0.2) is 53.9 Å². The van der Waals surface area contributed by atoms with Crippen molar-refractivity contribution < 1.29 is 26.7 Å². The summed E-state index contributed by atoms with van der Waals surface area (Å²) in [4.78, 5) is 0.0128. The molecule has 0 bridgehead atoms. The molecular weight excluding hydrogens is 434 g/mol. The molecule has 1 aliphatic carbocycles. The van der Waals surface area contributed by atoms with Gasteiger partial charge in [0.15, 0.2) is 21.4 Å². The highest BCUT2D eigenvalue weighted by Gasteiger charge is 2.59. The average Bonchev–Trinajstić information content (AvgIpc) is 2.74. The smallest absolute Gasteiger partial charge is 0.188 e. The number of hydrogen-bond donors (Lipinski definition) is 0. The van der Waals surface area contributed by atoms with E-state index in [1.165, 1.54) is 24.3 Å². The predicted octanol–water partition coefficient (Wildman–Crippen LogP) is 5.05. The zero-order chi connectivity index (χ0) is 21.5. The van der Waals surface area contributed by atoms with Gasteiger partial charge in [0.05, 0.1) is 29.8 Å². The predicted molar refractivity (Wildman–Crippen MR) is 109 cm³/mol. The SMILES string of the molecule is C=CCO[C@@H]1CC[C@@]2(S(=O)(=O)c3ccc(Cl)cc3)c3c(F)ccc(F)c3OC[C@H]2C1. The van der Waals surface area contributed by atoms with Gasteiger partial charge in [-0.3, -0.25) is 0 Å². The summed E-state index contributed by atoms with van der Waals surface area (Å²) >= 11 is 5.93. The van der Waals surface area contributed by atoms with E-state index >= 15 is 4.39 Å². The summed E-state index contributed by atoms with van der Waals surface area (Å²) in [7, 11) is -4.12. The first-order valence-corrected chi connectivity index (χ1v) is 11.5. The lowest BCUT2D eigenvalue weighted by atomic mass is 9.72. The van der Waals surface area contributed by atoms with Crippen LogP contribution in [0.1, 0.15) is 24.8 Å². The standard InChI is InChI=1S/C22H21ClF2O4S/c1-2-11-28-16-9-10-22(30(26,27)17-5-3-15(23)4-6-17)14(12-16)13-29-21-19(25)8-7-18(24)20(21)22/h2-8,14,16H,1,9-13H2/t14-,16-,22+/m1/s1. The summed E-state index contributed by atoms with van der Waals surface area (Å²) in [5.41, 5.74) is -0.226. The Bertz CT molecular complexity index is 1070. The van der Waals surface area contributed by atoms with Gasteiger partial charge in [0.25, 0.3) is 0 Å². The number of benzene rings is 2. The molecule has 0 aromatic heterocycles. The van der Waals surface area contributed by atoms with Crippen molar-refractivity contribution in [1.82, 2.24) is 0 Å². The summed E-state index contributed by atoms with van der Waals surface area (Å²) < 4.78 is 67.2. The van der Waals surface area contributed by atoms with E-state index in [1.54, 1.807) is 6.08 Å². The fourth-order valence-electron chi connectivity index (χ4n) is 4.66. The molecule has 1 heterocycles. The Kier molecular flexibility index (Phi) is 5.64. The number of ether oxygens (including phenoxy) is 2. The molecule has 1 saturated carbocycles. The second-order valence-corrected chi connectivity index (χ2v) is 10.2. The van der Waals surface area contributed by atoms with E-state index in [0.29, 0.717) is 24.5 Å². The number of sulfone groups is 1. The maximum atomic E-state index is 15.1. The molecule has 8 heteroatoms. The summed E-state index contributed by atoms with van der Waals surface area (Å²) in [6, 6.07) is 7.66. The van der Waals surface area contributed by atoms with Gasteiger partial charge >= 0.3 is 0 Å². The Labute approximate surface area is 179 Å². The van der Waals surface area contributed by atoms with Crippen molar-refractivity contribution in [2.24, 2.45) is 5.92 Å². The highest BCUT2D eigenvalue weighted by Crippen LogP contribution is 2.56. The van der Waals surface area contributed by atoms with Gasteiger partial charge in [-0.05, 0) is 55.7 Å². The Morgan fingerprint density at radius 1 is 1.20 bits per heavy atom. The van der Waals surface area contributed by atoms with Crippen LogP contribution in [0.5, 0.6) is 5.75 Å². The molecule has 160 valence electrons. The first kappa shape index (κ1) is 21.3. The second-order valence-electron chi connectivity index (χ2n) is 7.61. The molecule has 3 atom stereocenters. The van der Waals surface area contributed by atoms with Crippen LogP contribution in [0.4, 0.5) is 8.78 Å². The molecule has 2 aromatic carbocycles. The van der Waals surface area contributed by atoms with Crippen molar-refractivity contribution in [3.63, 3.8) is 0 Å². The van der Waals surface area contributed by atoms with Crippen LogP contribution in [-0.4, -0.2) is 27.7 Å². The van der Waals surface area contributed by atoms with Crippen molar-refractivity contribution in [3.05, 3.63) is 71.3 Å². The lowest BCUT2D eigenvalue weighted by Crippen LogP contribution is -2.53. The maximum absolute atomic E-state index is 15.1. The fourth-order valence-corrected chi connectivity index (χ4v) is 7.15. The molecule has 30 heavy (non-hydrogen) atoms. The van der Waals surface area contributed by atoms with Crippen LogP contribution in [0.3, 0.4) is 0 Å². The zero-order valence-electron chi connectivity index (χ0n) is 16.1. The van der Waals surface area contributed by atoms with Crippen LogP contribution in [0.2, 0.25) is 5.02 Å². The number of fused-ring (bicyclic) bond motifs is 3. The van der Waals surface area contributed by atoms with Crippen molar-refractivity contribution in [3.8, 4) is 5.75 Å². The molecule has 2 aliphatic rings. The molecule has 4 rings (SSSR count). The molecule has 1 fully saturated rings. The summed E-state index contributed by atoms with van der Waals surface area (Å²) in [5.74, 6) is -2.50. The van der Waals surface area contributed by atoms with Crippen LogP contribution >= 0.6 is 11.6 Å². The maximum Gasteiger partial charge on any atom is 0.188 e. The lowest BCUT2D eigenvalue weighted by Gasteiger charge is -2.48. The molecule has 4 nitrogen and oxygen atoms in total. The fraction of sp³-hybridized carbons (Fsp3) is 0.364. The van der Waals surface area contributed by atoms with E-state index in [4.69, 9.17) is 21.1 Å². The summed E-state index contributed by atoms with van der Waals surface area (Å²) in [6.07, 6.45) is 2.21. The summed E-state index contributed by atoms with van der Waals surface area (Å²) in [5, 5.41) is 0.383. The minimum absolute atomic E-state index is 0.0128. The van der Waals surface area contributed by atoms with E-state index in [0.717, 1.165) is 12.1 Å². The molecular formula is C22H21ClF2O4S. The van der Waals surface area contributed by atoms with Crippen LogP contribution < -0.4 is 4.74 Å². The molecule has 2 aromatic rings. The molecule has 0 N–H and O–H groups in total. The topological polar surface area (TPSA) is 52.6 Å². The van der Waals surface area contributed by atoms with Crippen LogP contribution in [0, 0.1) is 17.6 Å². The van der Waals surface area contributed by atoms with Gasteiger partial charge in [-0.25, -0.2) is 17.2 Å². The molecule has 0 saturated heterocycles. The Morgan fingerprint density at radius 3 is 2.60 bits per heavy atom. The normalized spacial score (nSPS) is 25.7. The number of halogens is 3. The number of hydrogen-bond acceptors (Lipinski definition) is 4. The molecule has 0 amide bonds. The van der Waals surface area contributed by atoms with Crippen molar-refractivity contribution in [2.75, 3.05) is 13.2 Å². The van der Waals surface area contributed by atoms with Gasteiger partial charge in [0, 0.05) is 10.9 Å². The Hall–Kier alpha value is -1.96. The van der Waals surface area contributed by atoms with E-state index < -0.39 is 32.1 Å². The molecule has 0 unspecified atom stereocenters. The first-order valence-electron chi connectivity index (χ1n) is 9.65. The minimum atomic E-state index is -4.12. The number of rotatable bonds is 5. The van der Waals surface area contributed by atoms with E-state index in [9.17, 15) is 12.8 Å². The van der Waals surface area contributed by atoms with Gasteiger partial charge in [-0.1, -0.05) is 17.7 Å². The minimum Gasteiger partial charge on any atom is -0.490 e. The van der Waals surface area contributed by atoms with Crippen LogP contribution in [-0.2, 0) is 19.3 Å². The van der Waals surface area contributed by atoms with Crippen molar-refractivity contribution in [1.29, 1.82) is 0 Å². The average molecular weight is 455 g/mol. The van der Waals surface area contributed by atoms with E-state index in [-0.39, 0.29) is 35.3 Å². The van der Waals surface area contributed by atoms with Crippen LogP contribution in [0.25, 0.3) is 0 Å². The van der Waals surface area contributed by atoms with Gasteiger partial charge in [0.2, 0.25) is 0 Å². The quantitative estimate of drug-likeness (QED) is 0.593. The third kappa shape index (κ3) is 3.24. The first-order chi connectivity index (χ1) is 14.3. The Balaban J connectivity index is 1.91. The second kappa shape index (κ2) is 7.94. The highest BCUT2D eigenvalue weighted by molar-refractivity contribution is 7.92. The monoisotopic (exact) mass is 454 g/mol. The van der Waals surface area contributed by atoms with E-state index in [2.05, 4.69) is 6.58 Å². The molecule has 0 spiro atoms. The summed E-state index contributed by atoms with van der Waals surface area (Å²) in [6.45, 7) is 3.91. The highest BCUT2D eigenvalue weighted by atomic mass is 35.5. The van der Waals surface area contributed by atoms with Crippen molar-refractivity contribution in [2.45, 2.75) is 35.0 Å². The van der Waals surface area contributed by atoms with Gasteiger partial charge in [0.1, 0.15) is 10.6 Å². The van der Waals surface area contributed by atoms with E-state index in [1.807, 2.05) is 0 Å². The van der Waals surface area contributed by atoms with Gasteiger partial charge in [-0.15, -0.1) is 6.58 Å². The third-order valence-corrected chi connectivity index (χ3v) is 8.85.